The summed E-state index contributed by atoms with van der Waals surface area (Å²) in [7, 11) is 3.07. The highest BCUT2D eigenvalue weighted by Crippen LogP contribution is 2.05. The van der Waals surface area contributed by atoms with Gasteiger partial charge in [0.1, 0.15) is 5.82 Å². The largest absolute Gasteiger partial charge is 0.332 e. The number of amidine groups is 1. The van der Waals surface area contributed by atoms with Crippen LogP contribution in [0.25, 0.3) is 0 Å². The first-order valence-corrected chi connectivity index (χ1v) is 6.86. The van der Waals surface area contributed by atoms with Crippen molar-refractivity contribution >= 4 is 22.7 Å². The van der Waals surface area contributed by atoms with Crippen molar-refractivity contribution in [3.63, 3.8) is 0 Å². The minimum absolute atomic E-state index is 0.337. The van der Waals surface area contributed by atoms with Crippen molar-refractivity contribution in [2.75, 3.05) is 18.1 Å². The molecule has 0 aliphatic rings. The normalized spacial score (nSPS) is 11.7. The van der Waals surface area contributed by atoms with Crippen LogP contribution in [0.2, 0.25) is 0 Å². The molecule has 100 valence electrons. The smallest absolute Gasteiger partial charge is 0.321 e. The predicted octanol–water partition coefficient (Wildman–Crippen LogP) is 0.625. The van der Waals surface area contributed by atoms with Crippen molar-refractivity contribution in [2.45, 2.75) is 13.3 Å². The van der Waals surface area contributed by atoms with E-state index < -0.39 is 0 Å². The van der Waals surface area contributed by atoms with E-state index in [1.165, 1.54) is 29.4 Å². The number of hydrogen-bond acceptors (Lipinski definition) is 4. The first-order chi connectivity index (χ1) is 8.51. The summed E-state index contributed by atoms with van der Waals surface area (Å²) in [4.78, 5) is 27.6. The van der Waals surface area contributed by atoms with Crippen molar-refractivity contribution in [3.05, 3.63) is 26.9 Å². The Morgan fingerprint density at radius 1 is 1.39 bits per heavy atom. The van der Waals surface area contributed by atoms with Gasteiger partial charge in [-0.2, -0.15) is 0 Å². The van der Waals surface area contributed by atoms with Crippen molar-refractivity contribution in [2.24, 2.45) is 19.1 Å². The van der Waals surface area contributed by atoms with Gasteiger partial charge in [0.25, 0.3) is 5.56 Å². The van der Waals surface area contributed by atoms with E-state index in [2.05, 4.69) is 10.3 Å². The number of nitrogens with zero attached hydrogens (tertiary/aromatic N) is 3. The molecule has 7 heteroatoms. The maximum absolute atomic E-state index is 11.7. The van der Waals surface area contributed by atoms with Crippen LogP contribution in [0.5, 0.6) is 0 Å². The van der Waals surface area contributed by atoms with Gasteiger partial charge in [-0.1, -0.05) is 18.7 Å². The van der Waals surface area contributed by atoms with Crippen molar-refractivity contribution in [1.82, 2.24) is 9.13 Å². The number of aliphatic imine (C=N–C) groups is 1. The highest BCUT2D eigenvalue weighted by molar-refractivity contribution is 8.13. The molecule has 1 N–H and O–H groups in total. The topological polar surface area (TPSA) is 68.4 Å². The van der Waals surface area contributed by atoms with Crippen LogP contribution in [-0.4, -0.2) is 27.1 Å². The third kappa shape index (κ3) is 3.25. The molecule has 1 aromatic heterocycles. The summed E-state index contributed by atoms with van der Waals surface area (Å²) in [6, 6.07) is 1.39. The number of hydrogen-bond donors (Lipinski definition) is 1. The molecule has 0 aliphatic carbocycles. The molecule has 0 aromatic carbocycles. The monoisotopic (exact) mass is 270 g/mol. The van der Waals surface area contributed by atoms with Gasteiger partial charge in [-0.3, -0.25) is 18.9 Å². The average molecular weight is 270 g/mol. The fraction of sp³-hybridized carbons (Fsp3) is 0.545. The Kier molecular flexibility index (Phi) is 5.21. The summed E-state index contributed by atoms with van der Waals surface area (Å²) in [5.41, 5.74) is -0.697. The average Bonchev–Trinajstić information content (AvgIpc) is 2.37. The fourth-order valence-electron chi connectivity index (χ4n) is 1.33. The Hall–Kier alpha value is -1.50. The van der Waals surface area contributed by atoms with Gasteiger partial charge in [-0.15, -0.1) is 0 Å². The minimum atomic E-state index is -0.360. The molecule has 0 fully saturated rings. The number of aromatic nitrogens is 2. The maximum Gasteiger partial charge on any atom is 0.332 e. The van der Waals surface area contributed by atoms with E-state index in [1.807, 2.05) is 13.2 Å². The van der Waals surface area contributed by atoms with Gasteiger partial charge in [-0.05, 0) is 12.7 Å². The third-order valence-corrected chi connectivity index (χ3v) is 3.05. The Bertz CT molecular complexity index is 559. The number of anilines is 1. The van der Waals surface area contributed by atoms with Crippen LogP contribution in [0, 0.1) is 0 Å². The van der Waals surface area contributed by atoms with Crippen LogP contribution in [0.1, 0.15) is 13.3 Å². The Labute approximate surface area is 110 Å². The van der Waals surface area contributed by atoms with Gasteiger partial charge >= 0.3 is 5.69 Å². The van der Waals surface area contributed by atoms with Gasteiger partial charge in [0.2, 0.25) is 0 Å². The standard InChI is InChI=1S/C11H18N4O2S/c1-5-6-12-10(18-4)13-8-7-9(16)15(3)11(17)14(8)2/h7H,5-6H2,1-4H3,(H,12,13). The highest BCUT2D eigenvalue weighted by Gasteiger charge is 2.07. The van der Waals surface area contributed by atoms with Crippen LogP contribution in [-0.2, 0) is 14.1 Å². The van der Waals surface area contributed by atoms with Crippen LogP contribution < -0.4 is 16.6 Å². The van der Waals surface area contributed by atoms with Gasteiger partial charge in [0.15, 0.2) is 5.17 Å². The molecule has 0 saturated heterocycles. The van der Waals surface area contributed by atoms with E-state index in [4.69, 9.17) is 0 Å². The number of thioether (sulfide) groups is 1. The quantitative estimate of drug-likeness (QED) is 0.646. The lowest BCUT2D eigenvalue weighted by atomic mass is 10.5. The van der Waals surface area contributed by atoms with Crippen molar-refractivity contribution in [3.8, 4) is 0 Å². The van der Waals surface area contributed by atoms with Crippen LogP contribution in [0.15, 0.2) is 20.6 Å². The molecule has 1 aromatic rings. The first kappa shape index (κ1) is 14.6. The van der Waals surface area contributed by atoms with Gasteiger partial charge < -0.3 is 5.32 Å². The molecule has 0 atom stereocenters. The summed E-state index contributed by atoms with van der Waals surface area (Å²) >= 11 is 1.44. The van der Waals surface area contributed by atoms with Gasteiger partial charge in [0, 0.05) is 26.7 Å². The second kappa shape index (κ2) is 6.44. The maximum atomic E-state index is 11.7. The molecule has 0 radical (unpaired) electrons. The van der Waals surface area contributed by atoms with E-state index in [9.17, 15) is 9.59 Å². The molecule has 0 saturated carbocycles. The lowest BCUT2D eigenvalue weighted by Crippen LogP contribution is -2.37. The molecule has 1 heterocycles. The number of rotatable bonds is 3. The summed E-state index contributed by atoms with van der Waals surface area (Å²) in [6.45, 7) is 2.75. The second-order valence-electron chi connectivity index (χ2n) is 3.78. The van der Waals surface area contributed by atoms with E-state index in [-0.39, 0.29) is 11.2 Å². The van der Waals surface area contributed by atoms with E-state index in [0.717, 1.165) is 11.0 Å². The van der Waals surface area contributed by atoms with E-state index in [0.29, 0.717) is 17.5 Å². The van der Waals surface area contributed by atoms with Gasteiger partial charge in [0.05, 0.1) is 0 Å². The zero-order valence-corrected chi connectivity index (χ0v) is 11.9. The molecular formula is C11H18N4O2S. The Balaban J connectivity index is 3.12. The second-order valence-corrected chi connectivity index (χ2v) is 4.58. The summed E-state index contributed by atoms with van der Waals surface area (Å²) in [5.74, 6) is 0.451. The van der Waals surface area contributed by atoms with Crippen LogP contribution >= 0.6 is 11.8 Å². The highest BCUT2D eigenvalue weighted by atomic mass is 32.2. The molecule has 0 unspecified atom stereocenters. The van der Waals surface area contributed by atoms with E-state index in [1.54, 1.807) is 7.05 Å². The summed E-state index contributed by atoms with van der Waals surface area (Å²) < 4.78 is 2.45. The van der Waals surface area contributed by atoms with Crippen molar-refractivity contribution < 1.29 is 0 Å². The third-order valence-electron chi connectivity index (χ3n) is 2.43. The van der Waals surface area contributed by atoms with Crippen LogP contribution in [0.4, 0.5) is 5.82 Å². The zero-order valence-electron chi connectivity index (χ0n) is 11.1. The summed E-state index contributed by atoms with van der Waals surface area (Å²) in [6.07, 6.45) is 2.84. The van der Waals surface area contributed by atoms with Gasteiger partial charge in [-0.25, -0.2) is 4.79 Å². The Morgan fingerprint density at radius 3 is 2.61 bits per heavy atom. The minimum Gasteiger partial charge on any atom is -0.321 e. The lowest BCUT2D eigenvalue weighted by Gasteiger charge is -2.12. The molecule has 6 nitrogen and oxygen atoms in total. The lowest BCUT2D eigenvalue weighted by molar-refractivity contribution is 0.693. The summed E-state index contributed by atoms with van der Waals surface area (Å²) in [5, 5.41) is 3.70. The molecule has 1 rings (SSSR count). The molecule has 0 bridgehead atoms. The predicted molar refractivity (Wildman–Crippen MR) is 76.7 cm³/mol. The SMILES string of the molecule is CCCN=C(Nc1cc(=O)n(C)c(=O)n1C)SC. The zero-order chi connectivity index (χ0) is 13.7. The van der Waals surface area contributed by atoms with E-state index >= 15 is 0 Å². The molecular weight excluding hydrogens is 252 g/mol. The van der Waals surface area contributed by atoms with Crippen molar-refractivity contribution in [1.29, 1.82) is 0 Å². The Morgan fingerprint density at radius 2 is 2.06 bits per heavy atom. The fourth-order valence-corrected chi connectivity index (χ4v) is 1.76. The molecule has 0 amide bonds. The first-order valence-electron chi connectivity index (χ1n) is 5.63. The molecule has 0 spiro atoms. The molecule has 0 aliphatic heterocycles. The number of nitrogens with one attached hydrogen (secondary N) is 1. The van der Waals surface area contributed by atoms with Crippen LogP contribution in [0.3, 0.4) is 0 Å². The molecule has 18 heavy (non-hydrogen) atoms.